The molecule has 19 heavy (non-hydrogen) atoms. The second kappa shape index (κ2) is 6.26. The standard InChI is InChI=1S/C14H26N2O3/c1-6-15-12(17)11-9-10(2)7-8-16(11)13(18)19-14(3,4)5/h10-11H,6-9H2,1-5H3,(H,15,17). The second-order valence-corrected chi connectivity index (χ2v) is 6.21. The van der Waals surface area contributed by atoms with Crippen LogP contribution in [0.15, 0.2) is 0 Å². The van der Waals surface area contributed by atoms with Crippen LogP contribution in [0.5, 0.6) is 0 Å². The van der Waals surface area contributed by atoms with Crippen LogP contribution in [-0.4, -0.2) is 41.6 Å². The van der Waals surface area contributed by atoms with Gasteiger partial charge >= 0.3 is 6.09 Å². The fraction of sp³-hybridized carbons (Fsp3) is 0.857. The number of likely N-dealkylation sites (N-methyl/N-ethyl adjacent to an activating group) is 1. The van der Waals surface area contributed by atoms with Gasteiger partial charge in [-0.05, 0) is 46.5 Å². The molecule has 0 radical (unpaired) electrons. The molecular weight excluding hydrogens is 244 g/mol. The molecule has 0 aromatic heterocycles. The third-order valence-corrected chi connectivity index (χ3v) is 3.15. The van der Waals surface area contributed by atoms with Gasteiger partial charge in [-0.2, -0.15) is 0 Å². The molecule has 0 spiro atoms. The summed E-state index contributed by atoms with van der Waals surface area (Å²) in [6.07, 6.45) is 1.22. The molecule has 0 aliphatic carbocycles. The van der Waals surface area contributed by atoms with Crippen molar-refractivity contribution in [3.05, 3.63) is 0 Å². The van der Waals surface area contributed by atoms with Gasteiger partial charge in [0.2, 0.25) is 5.91 Å². The monoisotopic (exact) mass is 270 g/mol. The van der Waals surface area contributed by atoms with E-state index in [-0.39, 0.29) is 5.91 Å². The van der Waals surface area contributed by atoms with Crippen molar-refractivity contribution in [1.29, 1.82) is 0 Å². The molecule has 2 atom stereocenters. The van der Waals surface area contributed by atoms with E-state index in [0.29, 0.717) is 25.4 Å². The van der Waals surface area contributed by atoms with Gasteiger partial charge in [-0.15, -0.1) is 0 Å². The summed E-state index contributed by atoms with van der Waals surface area (Å²) < 4.78 is 5.38. The predicted octanol–water partition coefficient (Wildman–Crippen LogP) is 2.16. The number of carbonyl (C=O) groups excluding carboxylic acids is 2. The number of nitrogens with one attached hydrogen (secondary N) is 1. The van der Waals surface area contributed by atoms with Crippen LogP contribution in [0.3, 0.4) is 0 Å². The Kier molecular flexibility index (Phi) is 5.20. The second-order valence-electron chi connectivity index (χ2n) is 6.21. The van der Waals surface area contributed by atoms with E-state index in [9.17, 15) is 9.59 Å². The molecule has 2 unspecified atom stereocenters. The summed E-state index contributed by atoms with van der Waals surface area (Å²) in [5, 5.41) is 2.80. The predicted molar refractivity (Wildman–Crippen MR) is 73.8 cm³/mol. The average Bonchev–Trinajstić information content (AvgIpc) is 2.26. The van der Waals surface area contributed by atoms with E-state index < -0.39 is 17.7 Å². The number of ether oxygens (including phenoxy) is 1. The molecule has 1 fully saturated rings. The highest BCUT2D eigenvalue weighted by Gasteiger charge is 2.36. The van der Waals surface area contributed by atoms with Gasteiger partial charge in [0.1, 0.15) is 11.6 Å². The smallest absolute Gasteiger partial charge is 0.410 e. The average molecular weight is 270 g/mol. The van der Waals surface area contributed by atoms with Gasteiger partial charge in [0.25, 0.3) is 0 Å². The molecule has 1 heterocycles. The molecule has 0 aromatic carbocycles. The van der Waals surface area contributed by atoms with E-state index in [4.69, 9.17) is 4.74 Å². The lowest BCUT2D eigenvalue weighted by molar-refractivity contribution is -0.128. The van der Waals surface area contributed by atoms with Gasteiger partial charge in [-0.3, -0.25) is 9.69 Å². The van der Waals surface area contributed by atoms with Crippen LogP contribution >= 0.6 is 0 Å². The molecule has 1 aliphatic heterocycles. The normalized spacial score (nSPS) is 23.9. The van der Waals surface area contributed by atoms with E-state index in [1.165, 1.54) is 0 Å². The minimum Gasteiger partial charge on any atom is -0.444 e. The molecule has 0 saturated carbocycles. The molecular formula is C14H26N2O3. The van der Waals surface area contributed by atoms with E-state index in [1.807, 2.05) is 27.7 Å². The summed E-state index contributed by atoms with van der Waals surface area (Å²) in [7, 11) is 0. The number of likely N-dealkylation sites (tertiary alicyclic amines) is 1. The first-order chi connectivity index (χ1) is 8.74. The Bertz CT molecular complexity index is 336. The van der Waals surface area contributed by atoms with Gasteiger partial charge < -0.3 is 10.1 Å². The van der Waals surface area contributed by atoms with E-state index in [1.54, 1.807) is 4.90 Å². The highest BCUT2D eigenvalue weighted by Crippen LogP contribution is 2.24. The first-order valence-electron chi connectivity index (χ1n) is 7.02. The number of carbonyl (C=O) groups is 2. The third kappa shape index (κ3) is 4.73. The summed E-state index contributed by atoms with van der Waals surface area (Å²) in [4.78, 5) is 25.8. The third-order valence-electron chi connectivity index (χ3n) is 3.15. The van der Waals surface area contributed by atoms with Crippen molar-refractivity contribution in [3.63, 3.8) is 0 Å². The quantitative estimate of drug-likeness (QED) is 0.836. The maximum absolute atomic E-state index is 12.2. The van der Waals surface area contributed by atoms with Crippen molar-refractivity contribution in [2.45, 2.75) is 59.1 Å². The Morgan fingerprint density at radius 1 is 1.37 bits per heavy atom. The maximum Gasteiger partial charge on any atom is 0.410 e. The van der Waals surface area contributed by atoms with Gasteiger partial charge in [0.15, 0.2) is 0 Å². The number of hydrogen-bond acceptors (Lipinski definition) is 3. The summed E-state index contributed by atoms with van der Waals surface area (Å²) in [5.74, 6) is 0.367. The molecule has 0 bridgehead atoms. The van der Waals surface area contributed by atoms with Gasteiger partial charge in [-0.25, -0.2) is 4.79 Å². The summed E-state index contributed by atoms with van der Waals surface area (Å²) in [5.41, 5.74) is -0.536. The Labute approximate surface area is 115 Å². The molecule has 110 valence electrons. The lowest BCUT2D eigenvalue weighted by atomic mass is 9.92. The molecule has 2 amide bonds. The number of nitrogens with zero attached hydrogens (tertiary/aromatic N) is 1. The SMILES string of the molecule is CCNC(=O)C1CC(C)CCN1C(=O)OC(C)(C)C. The van der Waals surface area contributed by atoms with Crippen LogP contribution in [0.1, 0.15) is 47.5 Å². The Balaban J connectivity index is 2.77. The van der Waals surface area contributed by atoms with Crippen molar-refractivity contribution in [2.75, 3.05) is 13.1 Å². The maximum atomic E-state index is 12.2. The Hall–Kier alpha value is -1.26. The molecule has 5 nitrogen and oxygen atoms in total. The zero-order valence-corrected chi connectivity index (χ0v) is 12.7. The zero-order valence-electron chi connectivity index (χ0n) is 12.7. The van der Waals surface area contributed by atoms with Gasteiger partial charge in [0.05, 0.1) is 0 Å². The number of piperidine rings is 1. The van der Waals surface area contributed by atoms with Crippen LogP contribution in [-0.2, 0) is 9.53 Å². The highest BCUT2D eigenvalue weighted by atomic mass is 16.6. The van der Waals surface area contributed by atoms with Crippen molar-refractivity contribution >= 4 is 12.0 Å². The fourth-order valence-corrected chi connectivity index (χ4v) is 2.22. The Morgan fingerprint density at radius 2 is 2.00 bits per heavy atom. The van der Waals surface area contributed by atoms with Crippen LogP contribution in [0.4, 0.5) is 4.79 Å². The van der Waals surface area contributed by atoms with Crippen molar-refractivity contribution in [1.82, 2.24) is 10.2 Å². The molecule has 1 N–H and O–H groups in total. The fourth-order valence-electron chi connectivity index (χ4n) is 2.22. The molecule has 1 saturated heterocycles. The number of hydrogen-bond donors (Lipinski definition) is 1. The van der Waals surface area contributed by atoms with Crippen molar-refractivity contribution < 1.29 is 14.3 Å². The largest absolute Gasteiger partial charge is 0.444 e. The highest BCUT2D eigenvalue weighted by molar-refractivity contribution is 5.85. The van der Waals surface area contributed by atoms with Crippen LogP contribution in [0.25, 0.3) is 0 Å². The summed E-state index contributed by atoms with van der Waals surface area (Å²) in [6.45, 7) is 10.6. The number of amides is 2. The van der Waals surface area contributed by atoms with E-state index in [2.05, 4.69) is 12.2 Å². The van der Waals surface area contributed by atoms with Crippen LogP contribution in [0.2, 0.25) is 0 Å². The van der Waals surface area contributed by atoms with Crippen molar-refractivity contribution in [2.24, 2.45) is 5.92 Å². The van der Waals surface area contributed by atoms with Crippen molar-refractivity contribution in [3.8, 4) is 0 Å². The minimum atomic E-state index is -0.536. The number of rotatable bonds is 2. The minimum absolute atomic E-state index is 0.0834. The molecule has 5 heteroatoms. The lowest BCUT2D eigenvalue weighted by Gasteiger charge is -2.38. The molecule has 1 rings (SSSR count). The lowest BCUT2D eigenvalue weighted by Crippen LogP contribution is -2.54. The van der Waals surface area contributed by atoms with Crippen LogP contribution < -0.4 is 5.32 Å². The van der Waals surface area contributed by atoms with Gasteiger partial charge in [0, 0.05) is 13.1 Å². The summed E-state index contributed by atoms with van der Waals surface area (Å²) in [6, 6.07) is -0.404. The van der Waals surface area contributed by atoms with E-state index in [0.717, 1.165) is 6.42 Å². The van der Waals surface area contributed by atoms with Gasteiger partial charge in [-0.1, -0.05) is 6.92 Å². The first-order valence-corrected chi connectivity index (χ1v) is 7.02. The summed E-state index contributed by atoms with van der Waals surface area (Å²) >= 11 is 0. The zero-order chi connectivity index (χ0) is 14.6. The molecule has 1 aliphatic rings. The first kappa shape index (κ1) is 15.8. The van der Waals surface area contributed by atoms with E-state index >= 15 is 0 Å². The van der Waals surface area contributed by atoms with Crippen LogP contribution in [0, 0.1) is 5.92 Å². The Morgan fingerprint density at radius 3 is 2.53 bits per heavy atom. The molecule has 0 aromatic rings. The topological polar surface area (TPSA) is 58.6 Å².